The van der Waals surface area contributed by atoms with Gasteiger partial charge in [-0.2, -0.15) is 4.31 Å². The lowest BCUT2D eigenvalue weighted by atomic mass is 9.93. The molecule has 29 heavy (non-hydrogen) atoms. The van der Waals surface area contributed by atoms with Crippen molar-refractivity contribution in [2.75, 3.05) is 43.5 Å². The molecule has 160 valence electrons. The Bertz CT molecular complexity index is 832. The lowest BCUT2D eigenvalue weighted by Gasteiger charge is -2.26. The second-order valence-corrected chi connectivity index (χ2v) is 9.41. The molecule has 1 aromatic rings. The molecule has 3 rings (SSSR count). The van der Waals surface area contributed by atoms with E-state index < -0.39 is 10.0 Å². The second-order valence-electron chi connectivity index (χ2n) is 7.47. The molecule has 1 amide bonds. The molecule has 1 fully saturated rings. The van der Waals surface area contributed by atoms with Crippen LogP contribution in [0.3, 0.4) is 0 Å². The molecule has 0 aromatic heterocycles. The monoisotopic (exact) mass is 421 g/mol. The summed E-state index contributed by atoms with van der Waals surface area (Å²) < 4.78 is 32.8. The summed E-state index contributed by atoms with van der Waals surface area (Å²) in [5, 5.41) is 6.30. The number of nitrogens with one attached hydrogen (secondary N) is 2. The first-order valence-electron chi connectivity index (χ1n) is 10.4. The summed E-state index contributed by atoms with van der Waals surface area (Å²) in [6, 6.07) is 4.94. The van der Waals surface area contributed by atoms with Gasteiger partial charge >= 0.3 is 0 Å². The third-order valence-corrected chi connectivity index (χ3v) is 7.24. The fourth-order valence-corrected chi connectivity index (χ4v) is 4.98. The van der Waals surface area contributed by atoms with Crippen LogP contribution in [0, 0.1) is 5.92 Å². The van der Waals surface area contributed by atoms with E-state index in [2.05, 4.69) is 23.6 Å². The molecule has 1 atom stereocenters. The predicted octanol–water partition coefficient (Wildman–Crippen LogP) is 3.21. The van der Waals surface area contributed by atoms with E-state index in [0.717, 1.165) is 44.3 Å². The van der Waals surface area contributed by atoms with Gasteiger partial charge in [0.05, 0.1) is 29.5 Å². The third kappa shape index (κ3) is 5.58. The largest absolute Gasteiger partial charge is 0.383 e. The van der Waals surface area contributed by atoms with E-state index in [9.17, 15) is 13.2 Å². The Morgan fingerprint density at radius 3 is 2.69 bits per heavy atom. The van der Waals surface area contributed by atoms with Crippen LogP contribution in [0.4, 0.5) is 11.4 Å². The molecule has 2 N–H and O–H groups in total. The van der Waals surface area contributed by atoms with Gasteiger partial charge in [-0.25, -0.2) is 8.42 Å². The Kier molecular flexibility index (Phi) is 7.69. The number of anilines is 2. The first-order valence-corrected chi connectivity index (χ1v) is 11.9. The first-order chi connectivity index (χ1) is 14.0. The van der Waals surface area contributed by atoms with Crippen LogP contribution < -0.4 is 10.6 Å². The standard InChI is InChI=1S/C21H31N3O4S/c1-2-3-11-22-19-10-9-18(29(26,27)24-12-14-28-15-13-24)16-20(19)23-21(25)17-7-5-4-6-8-17/h4-5,9-10,16-17,22H,2-3,6-8,11-15H2,1H3,(H,23,25)/t17-/m1/s1. The number of carbonyl (C=O) groups excluding carboxylic acids is 1. The van der Waals surface area contributed by atoms with Gasteiger partial charge in [-0.15, -0.1) is 0 Å². The van der Waals surface area contributed by atoms with Gasteiger partial charge in [0.15, 0.2) is 0 Å². The third-order valence-electron chi connectivity index (χ3n) is 5.34. The van der Waals surface area contributed by atoms with Crippen LogP contribution >= 0.6 is 0 Å². The van der Waals surface area contributed by atoms with E-state index in [1.54, 1.807) is 18.2 Å². The van der Waals surface area contributed by atoms with E-state index in [4.69, 9.17) is 4.74 Å². The molecule has 0 unspecified atom stereocenters. The summed E-state index contributed by atoms with van der Waals surface area (Å²) in [5.41, 5.74) is 1.27. The van der Waals surface area contributed by atoms with Crippen molar-refractivity contribution >= 4 is 27.3 Å². The van der Waals surface area contributed by atoms with Crippen molar-refractivity contribution in [1.82, 2.24) is 4.31 Å². The molecule has 1 heterocycles. The normalized spacial score (nSPS) is 20.4. The molecule has 1 saturated heterocycles. The Hall–Kier alpha value is -1.90. The number of amides is 1. The average Bonchev–Trinajstić information content (AvgIpc) is 2.76. The van der Waals surface area contributed by atoms with Gasteiger partial charge in [-0.05, 0) is 43.9 Å². The molecule has 8 heteroatoms. The highest BCUT2D eigenvalue weighted by Crippen LogP contribution is 2.29. The topological polar surface area (TPSA) is 87.7 Å². The van der Waals surface area contributed by atoms with E-state index in [1.807, 2.05) is 6.08 Å². The van der Waals surface area contributed by atoms with E-state index in [0.29, 0.717) is 32.0 Å². The number of rotatable bonds is 8. The zero-order valence-electron chi connectivity index (χ0n) is 17.0. The average molecular weight is 422 g/mol. The molecule has 2 aliphatic rings. The Morgan fingerprint density at radius 2 is 2.00 bits per heavy atom. The number of allylic oxidation sites excluding steroid dienone is 2. The van der Waals surface area contributed by atoms with Crippen LogP contribution in [0.1, 0.15) is 39.0 Å². The smallest absolute Gasteiger partial charge is 0.243 e. The summed E-state index contributed by atoms with van der Waals surface area (Å²) in [7, 11) is -3.62. The minimum atomic E-state index is -3.62. The SMILES string of the molecule is CCCCNc1ccc(S(=O)(=O)N2CCOCC2)cc1NC(=O)[C@@H]1CC=CCC1. The van der Waals surface area contributed by atoms with Crippen molar-refractivity contribution in [3.63, 3.8) is 0 Å². The number of benzene rings is 1. The zero-order chi connectivity index (χ0) is 20.7. The lowest BCUT2D eigenvalue weighted by Crippen LogP contribution is -2.40. The summed E-state index contributed by atoms with van der Waals surface area (Å²) in [4.78, 5) is 13.0. The van der Waals surface area contributed by atoms with Crippen LogP contribution in [0.15, 0.2) is 35.2 Å². The highest BCUT2D eigenvalue weighted by molar-refractivity contribution is 7.89. The number of unbranched alkanes of at least 4 members (excludes halogenated alkanes) is 1. The van der Waals surface area contributed by atoms with Gasteiger partial charge in [-0.1, -0.05) is 25.5 Å². The number of sulfonamides is 1. The predicted molar refractivity (Wildman–Crippen MR) is 115 cm³/mol. The Morgan fingerprint density at radius 1 is 1.21 bits per heavy atom. The van der Waals surface area contributed by atoms with Crippen molar-refractivity contribution in [3.8, 4) is 0 Å². The number of nitrogens with zero attached hydrogens (tertiary/aromatic N) is 1. The fraction of sp³-hybridized carbons (Fsp3) is 0.571. The fourth-order valence-electron chi connectivity index (χ4n) is 3.54. The van der Waals surface area contributed by atoms with E-state index >= 15 is 0 Å². The summed E-state index contributed by atoms with van der Waals surface area (Å²) >= 11 is 0. The molecule has 1 aliphatic carbocycles. The van der Waals surface area contributed by atoms with Gasteiger partial charge in [0.1, 0.15) is 0 Å². The minimum Gasteiger partial charge on any atom is -0.383 e. The maximum Gasteiger partial charge on any atom is 0.243 e. The van der Waals surface area contributed by atoms with Crippen LogP contribution in [0.2, 0.25) is 0 Å². The molecule has 0 bridgehead atoms. The van der Waals surface area contributed by atoms with Crippen molar-refractivity contribution in [1.29, 1.82) is 0 Å². The van der Waals surface area contributed by atoms with Gasteiger partial charge < -0.3 is 15.4 Å². The summed E-state index contributed by atoms with van der Waals surface area (Å²) in [6.45, 7) is 4.35. The quantitative estimate of drug-likeness (QED) is 0.497. The van der Waals surface area contributed by atoms with Crippen LogP contribution in [-0.2, 0) is 19.6 Å². The van der Waals surface area contributed by atoms with Gasteiger partial charge in [0.2, 0.25) is 15.9 Å². The molecule has 0 saturated carbocycles. The maximum atomic E-state index is 13.0. The second kappa shape index (κ2) is 10.2. The maximum absolute atomic E-state index is 13.0. The van der Waals surface area contributed by atoms with Gasteiger partial charge in [0, 0.05) is 25.6 Å². The minimum absolute atomic E-state index is 0.0613. The molecular formula is C21H31N3O4S. The zero-order valence-corrected chi connectivity index (χ0v) is 17.8. The van der Waals surface area contributed by atoms with Crippen molar-refractivity contribution in [2.45, 2.75) is 43.9 Å². The molecule has 1 aromatic carbocycles. The van der Waals surface area contributed by atoms with E-state index in [-0.39, 0.29) is 16.7 Å². The molecular weight excluding hydrogens is 390 g/mol. The van der Waals surface area contributed by atoms with Crippen LogP contribution in [-0.4, -0.2) is 51.5 Å². The number of morpholine rings is 1. The number of carbonyl (C=O) groups is 1. The highest BCUT2D eigenvalue weighted by atomic mass is 32.2. The Balaban J connectivity index is 1.84. The van der Waals surface area contributed by atoms with Gasteiger partial charge in [-0.3, -0.25) is 4.79 Å². The number of hydrogen-bond donors (Lipinski definition) is 2. The van der Waals surface area contributed by atoms with Gasteiger partial charge in [0.25, 0.3) is 0 Å². The van der Waals surface area contributed by atoms with Crippen LogP contribution in [0.25, 0.3) is 0 Å². The number of hydrogen-bond acceptors (Lipinski definition) is 5. The highest BCUT2D eigenvalue weighted by Gasteiger charge is 2.27. The molecule has 1 aliphatic heterocycles. The molecule has 0 radical (unpaired) electrons. The van der Waals surface area contributed by atoms with Crippen molar-refractivity contribution < 1.29 is 17.9 Å². The summed E-state index contributed by atoms with van der Waals surface area (Å²) in [6.07, 6.45) is 8.60. The summed E-state index contributed by atoms with van der Waals surface area (Å²) in [5.74, 6) is -0.142. The number of ether oxygens (including phenoxy) is 1. The lowest BCUT2D eigenvalue weighted by molar-refractivity contribution is -0.120. The molecule has 0 spiro atoms. The Labute approximate surface area is 173 Å². The van der Waals surface area contributed by atoms with E-state index in [1.165, 1.54) is 4.31 Å². The van der Waals surface area contributed by atoms with Crippen molar-refractivity contribution in [3.05, 3.63) is 30.4 Å². The van der Waals surface area contributed by atoms with Crippen molar-refractivity contribution in [2.24, 2.45) is 5.92 Å². The first kappa shape index (κ1) is 21.8. The molecule has 7 nitrogen and oxygen atoms in total. The van der Waals surface area contributed by atoms with Crippen LogP contribution in [0.5, 0.6) is 0 Å².